The van der Waals surface area contributed by atoms with Crippen LogP contribution in [-0.2, 0) is 16.1 Å². The molecule has 6 nitrogen and oxygen atoms in total. The Balaban J connectivity index is 1.69. The molecule has 0 bridgehead atoms. The number of para-hydroxylation sites is 1. The van der Waals surface area contributed by atoms with Crippen LogP contribution in [-0.4, -0.2) is 36.6 Å². The Morgan fingerprint density at radius 3 is 2.50 bits per heavy atom. The van der Waals surface area contributed by atoms with Gasteiger partial charge in [0.2, 0.25) is 5.91 Å². The second-order valence-electron chi connectivity index (χ2n) is 6.30. The molecule has 0 aliphatic carbocycles. The van der Waals surface area contributed by atoms with Crippen LogP contribution in [0.4, 0.5) is 10.5 Å². The number of hydrogen-bond donors (Lipinski definition) is 0. The highest BCUT2D eigenvalue weighted by molar-refractivity contribution is 5.95. The summed E-state index contributed by atoms with van der Waals surface area (Å²) in [6.45, 7) is 3.63. The first kappa shape index (κ1) is 18.0. The molecule has 1 aliphatic heterocycles. The van der Waals surface area contributed by atoms with Crippen LogP contribution in [0.2, 0.25) is 0 Å². The zero-order chi connectivity index (χ0) is 18.4. The number of nitrogens with zero attached hydrogens (tertiary/aromatic N) is 2. The van der Waals surface area contributed by atoms with Crippen LogP contribution in [0, 0.1) is 5.92 Å². The van der Waals surface area contributed by atoms with Crippen molar-refractivity contribution in [1.29, 1.82) is 0 Å². The van der Waals surface area contributed by atoms with E-state index in [2.05, 4.69) is 0 Å². The maximum Gasteiger partial charge on any atom is 0.409 e. The highest BCUT2D eigenvalue weighted by Gasteiger charge is 2.31. The molecule has 3 rings (SSSR count). The zero-order valence-electron chi connectivity index (χ0n) is 15.0. The van der Waals surface area contributed by atoms with Gasteiger partial charge in [-0.3, -0.25) is 4.79 Å². The molecule has 2 amide bonds. The van der Waals surface area contributed by atoms with Crippen LogP contribution in [0.15, 0.2) is 53.1 Å². The van der Waals surface area contributed by atoms with Crippen molar-refractivity contribution in [1.82, 2.24) is 4.90 Å². The van der Waals surface area contributed by atoms with Crippen LogP contribution in [0.1, 0.15) is 25.5 Å². The number of hydrogen-bond acceptors (Lipinski definition) is 4. The first-order valence-electron chi connectivity index (χ1n) is 8.99. The molecule has 0 unspecified atom stereocenters. The van der Waals surface area contributed by atoms with Crippen LogP contribution in [0.3, 0.4) is 0 Å². The Morgan fingerprint density at radius 2 is 1.88 bits per heavy atom. The van der Waals surface area contributed by atoms with E-state index in [0.717, 1.165) is 11.4 Å². The molecule has 1 saturated heterocycles. The fourth-order valence-corrected chi connectivity index (χ4v) is 3.21. The van der Waals surface area contributed by atoms with Gasteiger partial charge >= 0.3 is 6.09 Å². The highest BCUT2D eigenvalue weighted by atomic mass is 16.6. The van der Waals surface area contributed by atoms with E-state index in [1.807, 2.05) is 42.5 Å². The summed E-state index contributed by atoms with van der Waals surface area (Å²) in [7, 11) is 0. The number of benzene rings is 1. The minimum absolute atomic E-state index is 0.0658. The lowest BCUT2D eigenvalue weighted by atomic mass is 9.95. The van der Waals surface area contributed by atoms with Crippen molar-refractivity contribution in [3.8, 4) is 0 Å². The van der Waals surface area contributed by atoms with E-state index >= 15 is 0 Å². The van der Waals surface area contributed by atoms with Crippen LogP contribution < -0.4 is 4.90 Å². The third kappa shape index (κ3) is 4.25. The van der Waals surface area contributed by atoms with E-state index in [0.29, 0.717) is 39.1 Å². The number of ether oxygens (including phenoxy) is 1. The van der Waals surface area contributed by atoms with Crippen LogP contribution in [0.25, 0.3) is 0 Å². The molecule has 2 heterocycles. The first-order valence-corrected chi connectivity index (χ1v) is 8.99. The minimum Gasteiger partial charge on any atom is -0.467 e. The van der Waals surface area contributed by atoms with E-state index in [-0.39, 0.29) is 17.9 Å². The number of carbonyl (C=O) groups is 2. The van der Waals surface area contributed by atoms with Gasteiger partial charge in [-0.1, -0.05) is 18.2 Å². The van der Waals surface area contributed by atoms with Gasteiger partial charge in [0.25, 0.3) is 0 Å². The summed E-state index contributed by atoms with van der Waals surface area (Å²) in [6, 6.07) is 13.3. The standard InChI is InChI=1S/C20H24N2O4/c1-2-25-20(24)21-12-10-16(11-13-21)19(23)22(15-18-9-6-14-26-18)17-7-4-3-5-8-17/h3-9,14,16H,2,10-13,15H2,1H3. The fraction of sp³-hybridized carbons (Fsp3) is 0.400. The molecule has 0 radical (unpaired) electrons. The molecule has 1 fully saturated rings. The van der Waals surface area contributed by atoms with Crippen molar-refractivity contribution in [3.05, 3.63) is 54.5 Å². The van der Waals surface area contributed by atoms with Crippen molar-refractivity contribution in [2.24, 2.45) is 5.92 Å². The SMILES string of the molecule is CCOC(=O)N1CCC(C(=O)N(Cc2ccco2)c2ccccc2)CC1. The van der Waals surface area contributed by atoms with Gasteiger partial charge in [0, 0.05) is 24.7 Å². The average molecular weight is 356 g/mol. The second-order valence-corrected chi connectivity index (χ2v) is 6.30. The lowest BCUT2D eigenvalue weighted by Crippen LogP contribution is -2.44. The molecule has 0 spiro atoms. The maximum absolute atomic E-state index is 13.2. The Hall–Kier alpha value is -2.76. The molecule has 26 heavy (non-hydrogen) atoms. The summed E-state index contributed by atoms with van der Waals surface area (Å²) in [4.78, 5) is 28.5. The van der Waals surface area contributed by atoms with Gasteiger partial charge in [-0.2, -0.15) is 0 Å². The molecular formula is C20H24N2O4. The van der Waals surface area contributed by atoms with Crippen molar-refractivity contribution >= 4 is 17.7 Å². The van der Waals surface area contributed by atoms with Gasteiger partial charge in [0.15, 0.2) is 0 Å². The smallest absolute Gasteiger partial charge is 0.409 e. The number of carbonyl (C=O) groups excluding carboxylic acids is 2. The van der Waals surface area contributed by atoms with Gasteiger partial charge in [0.1, 0.15) is 5.76 Å². The Labute approximate surface area is 153 Å². The summed E-state index contributed by atoms with van der Waals surface area (Å²) < 4.78 is 10.5. The number of anilines is 1. The number of piperidine rings is 1. The Morgan fingerprint density at radius 1 is 1.15 bits per heavy atom. The van der Waals surface area contributed by atoms with Crippen molar-refractivity contribution in [2.75, 3.05) is 24.6 Å². The van der Waals surface area contributed by atoms with E-state index in [9.17, 15) is 9.59 Å². The predicted octanol–water partition coefficient (Wildman–Crippen LogP) is 3.68. The number of amides is 2. The van der Waals surface area contributed by atoms with Gasteiger partial charge in [-0.25, -0.2) is 4.79 Å². The zero-order valence-corrected chi connectivity index (χ0v) is 15.0. The lowest BCUT2D eigenvalue weighted by molar-refractivity contribution is -0.123. The Kier molecular flexibility index (Phi) is 5.94. The van der Waals surface area contributed by atoms with E-state index in [1.54, 1.807) is 23.0 Å². The molecular weight excluding hydrogens is 332 g/mol. The monoisotopic (exact) mass is 356 g/mol. The molecule has 138 valence electrons. The van der Waals surface area contributed by atoms with Crippen LogP contribution >= 0.6 is 0 Å². The Bertz CT molecular complexity index is 707. The number of likely N-dealkylation sites (tertiary alicyclic amines) is 1. The molecule has 1 aromatic heterocycles. The summed E-state index contributed by atoms with van der Waals surface area (Å²) in [5.74, 6) is 0.693. The quantitative estimate of drug-likeness (QED) is 0.820. The molecule has 1 aliphatic rings. The third-order valence-electron chi connectivity index (χ3n) is 4.60. The number of rotatable bonds is 5. The predicted molar refractivity (Wildman–Crippen MR) is 97.7 cm³/mol. The third-order valence-corrected chi connectivity index (χ3v) is 4.60. The molecule has 0 atom stereocenters. The van der Waals surface area contributed by atoms with Gasteiger partial charge < -0.3 is 19.0 Å². The van der Waals surface area contributed by atoms with Crippen molar-refractivity contribution in [3.63, 3.8) is 0 Å². The topological polar surface area (TPSA) is 63.0 Å². The van der Waals surface area contributed by atoms with Gasteiger partial charge in [-0.15, -0.1) is 0 Å². The molecule has 0 N–H and O–H groups in total. The van der Waals surface area contributed by atoms with Crippen LogP contribution in [0.5, 0.6) is 0 Å². The fourth-order valence-electron chi connectivity index (χ4n) is 3.21. The molecule has 1 aromatic carbocycles. The largest absolute Gasteiger partial charge is 0.467 e. The normalized spacial score (nSPS) is 14.9. The second kappa shape index (κ2) is 8.56. The molecule has 6 heteroatoms. The van der Waals surface area contributed by atoms with Crippen molar-refractivity contribution < 1.29 is 18.7 Å². The highest BCUT2D eigenvalue weighted by Crippen LogP contribution is 2.25. The first-order chi connectivity index (χ1) is 12.7. The van der Waals surface area contributed by atoms with Gasteiger partial charge in [-0.05, 0) is 44.0 Å². The molecule has 0 saturated carbocycles. The molecule has 2 aromatic rings. The number of furan rings is 1. The summed E-state index contributed by atoms with van der Waals surface area (Å²) in [6.07, 6.45) is 2.59. The summed E-state index contributed by atoms with van der Waals surface area (Å²) >= 11 is 0. The van der Waals surface area contributed by atoms with E-state index in [4.69, 9.17) is 9.15 Å². The maximum atomic E-state index is 13.2. The van der Waals surface area contributed by atoms with Gasteiger partial charge in [0.05, 0.1) is 19.4 Å². The van der Waals surface area contributed by atoms with E-state index in [1.165, 1.54) is 0 Å². The summed E-state index contributed by atoms with van der Waals surface area (Å²) in [5.41, 5.74) is 0.849. The average Bonchev–Trinajstić information content (AvgIpc) is 3.20. The minimum atomic E-state index is -0.297. The van der Waals surface area contributed by atoms with E-state index < -0.39 is 0 Å². The lowest BCUT2D eigenvalue weighted by Gasteiger charge is -2.33. The summed E-state index contributed by atoms with van der Waals surface area (Å²) in [5, 5.41) is 0. The van der Waals surface area contributed by atoms with Crippen molar-refractivity contribution in [2.45, 2.75) is 26.3 Å².